The van der Waals surface area contributed by atoms with E-state index in [1.165, 1.54) is 11.8 Å². The van der Waals surface area contributed by atoms with Crippen molar-refractivity contribution in [2.45, 2.75) is 39.1 Å². The molecule has 30 heavy (non-hydrogen) atoms. The highest BCUT2D eigenvalue weighted by Crippen LogP contribution is 2.25. The Labute approximate surface area is 193 Å². The third kappa shape index (κ3) is 7.86. The molecular formula is C23H28Cl2N2O2S. The summed E-state index contributed by atoms with van der Waals surface area (Å²) < 4.78 is 0. The molecule has 0 unspecified atom stereocenters. The highest BCUT2D eigenvalue weighted by Gasteiger charge is 2.26. The summed E-state index contributed by atoms with van der Waals surface area (Å²) in [4.78, 5) is 27.3. The lowest BCUT2D eigenvalue weighted by Crippen LogP contribution is -2.48. The second-order valence-electron chi connectivity index (χ2n) is 7.55. The molecule has 2 rings (SSSR count). The average Bonchev–Trinajstić information content (AvgIpc) is 2.72. The van der Waals surface area contributed by atoms with Gasteiger partial charge in [0.2, 0.25) is 11.8 Å². The Morgan fingerprint density at radius 1 is 1.07 bits per heavy atom. The zero-order chi connectivity index (χ0) is 22.1. The summed E-state index contributed by atoms with van der Waals surface area (Å²) in [5, 5.41) is 4.10. The highest BCUT2D eigenvalue weighted by molar-refractivity contribution is 7.99. The SMILES string of the molecule is CC(C)CNC(=O)[C@@H](C)N(Cc1ccccc1)C(=O)CSCc1ccc(Cl)cc1Cl. The maximum Gasteiger partial charge on any atom is 0.242 e. The minimum absolute atomic E-state index is 0.0823. The number of thioether (sulfide) groups is 1. The van der Waals surface area contributed by atoms with Crippen molar-refractivity contribution < 1.29 is 9.59 Å². The van der Waals surface area contributed by atoms with Crippen molar-refractivity contribution in [1.82, 2.24) is 10.2 Å². The summed E-state index contributed by atoms with van der Waals surface area (Å²) in [6.07, 6.45) is 0. The Morgan fingerprint density at radius 2 is 1.77 bits per heavy atom. The predicted octanol–water partition coefficient (Wildman–Crippen LogP) is 5.42. The number of nitrogens with one attached hydrogen (secondary N) is 1. The number of rotatable bonds is 10. The van der Waals surface area contributed by atoms with E-state index >= 15 is 0 Å². The van der Waals surface area contributed by atoms with Crippen LogP contribution in [0.15, 0.2) is 48.5 Å². The molecule has 2 aromatic rings. The molecule has 0 fully saturated rings. The van der Waals surface area contributed by atoms with E-state index in [9.17, 15) is 9.59 Å². The molecule has 0 aliphatic carbocycles. The van der Waals surface area contributed by atoms with Crippen molar-refractivity contribution in [2.75, 3.05) is 12.3 Å². The van der Waals surface area contributed by atoms with Gasteiger partial charge < -0.3 is 10.2 Å². The second kappa shape index (κ2) is 12.2. The van der Waals surface area contributed by atoms with E-state index in [4.69, 9.17) is 23.2 Å². The molecule has 4 nitrogen and oxygen atoms in total. The number of benzene rings is 2. The fraction of sp³-hybridized carbons (Fsp3) is 0.391. The van der Waals surface area contributed by atoms with E-state index in [-0.39, 0.29) is 17.6 Å². The Kier molecular flexibility index (Phi) is 10.0. The molecule has 162 valence electrons. The molecule has 1 N–H and O–H groups in total. The third-order valence-electron chi connectivity index (χ3n) is 4.55. The van der Waals surface area contributed by atoms with Gasteiger partial charge in [-0.05, 0) is 36.1 Å². The van der Waals surface area contributed by atoms with Crippen LogP contribution in [0, 0.1) is 5.92 Å². The molecule has 0 radical (unpaired) electrons. The summed E-state index contributed by atoms with van der Waals surface area (Å²) >= 11 is 13.6. The van der Waals surface area contributed by atoms with Crippen LogP contribution >= 0.6 is 35.0 Å². The van der Waals surface area contributed by atoms with Gasteiger partial charge in [0.1, 0.15) is 6.04 Å². The first-order chi connectivity index (χ1) is 14.3. The third-order valence-corrected chi connectivity index (χ3v) is 6.10. The number of nitrogens with zero attached hydrogens (tertiary/aromatic N) is 1. The van der Waals surface area contributed by atoms with Crippen molar-refractivity contribution in [3.63, 3.8) is 0 Å². The monoisotopic (exact) mass is 466 g/mol. The minimum atomic E-state index is -0.559. The predicted molar refractivity (Wildman–Crippen MR) is 127 cm³/mol. The molecule has 2 aromatic carbocycles. The van der Waals surface area contributed by atoms with Gasteiger partial charge in [0.25, 0.3) is 0 Å². The largest absolute Gasteiger partial charge is 0.354 e. The number of hydrogen-bond donors (Lipinski definition) is 1. The Morgan fingerprint density at radius 3 is 2.40 bits per heavy atom. The molecule has 0 bridgehead atoms. The molecule has 0 saturated heterocycles. The van der Waals surface area contributed by atoms with Gasteiger partial charge in [0, 0.05) is 28.9 Å². The van der Waals surface area contributed by atoms with E-state index in [0.29, 0.717) is 34.8 Å². The summed E-state index contributed by atoms with van der Waals surface area (Å²) in [6, 6.07) is 14.5. The molecule has 0 saturated carbocycles. The highest BCUT2D eigenvalue weighted by atomic mass is 35.5. The van der Waals surface area contributed by atoms with E-state index < -0.39 is 6.04 Å². The fourth-order valence-corrected chi connectivity index (χ4v) is 4.25. The van der Waals surface area contributed by atoms with Crippen molar-refractivity contribution in [3.8, 4) is 0 Å². The average molecular weight is 467 g/mol. The quantitative estimate of drug-likeness (QED) is 0.508. The van der Waals surface area contributed by atoms with Gasteiger partial charge in [0.15, 0.2) is 0 Å². The number of carbonyl (C=O) groups is 2. The lowest BCUT2D eigenvalue weighted by molar-refractivity contribution is -0.138. The number of amides is 2. The molecule has 0 spiro atoms. The topological polar surface area (TPSA) is 49.4 Å². The summed E-state index contributed by atoms with van der Waals surface area (Å²) in [5.74, 6) is 0.974. The Balaban J connectivity index is 2.04. The standard InChI is InChI=1S/C23H28Cl2N2O2S/c1-16(2)12-26-23(29)17(3)27(13-18-7-5-4-6-8-18)22(28)15-30-14-19-9-10-20(24)11-21(19)25/h4-11,16-17H,12-15H2,1-3H3,(H,26,29)/t17-/m1/s1. The normalized spacial score (nSPS) is 11.9. The maximum atomic E-state index is 13.0. The van der Waals surface area contributed by atoms with E-state index in [1.54, 1.807) is 24.0 Å². The van der Waals surface area contributed by atoms with Gasteiger partial charge in [0.05, 0.1) is 5.75 Å². The van der Waals surface area contributed by atoms with Crippen molar-refractivity contribution in [1.29, 1.82) is 0 Å². The van der Waals surface area contributed by atoms with Crippen LogP contribution in [-0.2, 0) is 21.9 Å². The first-order valence-electron chi connectivity index (χ1n) is 9.90. The van der Waals surface area contributed by atoms with Crippen LogP contribution < -0.4 is 5.32 Å². The summed E-state index contributed by atoms with van der Waals surface area (Å²) in [6.45, 7) is 6.82. The molecule has 0 aliphatic heterocycles. The number of carbonyl (C=O) groups excluding carboxylic acids is 2. The minimum Gasteiger partial charge on any atom is -0.354 e. The summed E-state index contributed by atoms with van der Waals surface area (Å²) in [7, 11) is 0. The smallest absolute Gasteiger partial charge is 0.242 e. The first-order valence-corrected chi connectivity index (χ1v) is 11.8. The van der Waals surface area contributed by atoms with Gasteiger partial charge in [-0.1, -0.05) is 73.4 Å². The van der Waals surface area contributed by atoms with Gasteiger partial charge in [-0.3, -0.25) is 9.59 Å². The Bertz CT molecular complexity index is 846. The molecular weight excluding hydrogens is 439 g/mol. The van der Waals surface area contributed by atoms with Gasteiger partial charge in [-0.15, -0.1) is 11.8 Å². The fourth-order valence-electron chi connectivity index (χ4n) is 2.79. The van der Waals surface area contributed by atoms with Crippen molar-refractivity contribution in [2.24, 2.45) is 5.92 Å². The first kappa shape index (κ1) is 24.6. The maximum absolute atomic E-state index is 13.0. The zero-order valence-corrected chi connectivity index (χ0v) is 19.9. The molecule has 2 amide bonds. The van der Waals surface area contributed by atoms with E-state index in [1.807, 2.05) is 50.2 Å². The zero-order valence-electron chi connectivity index (χ0n) is 17.5. The van der Waals surface area contributed by atoms with E-state index in [2.05, 4.69) is 5.32 Å². The van der Waals surface area contributed by atoms with Crippen LogP contribution in [0.3, 0.4) is 0 Å². The van der Waals surface area contributed by atoms with Crippen LogP contribution in [0.2, 0.25) is 10.0 Å². The van der Waals surface area contributed by atoms with Gasteiger partial charge in [-0.2, -0.15) is 0 Å². The lowest BCUT2D eigenvalue weighted by atomic mass is 10.1. The van der Waals surface area contributed by atoms with Crippen molar-refractivity contribution >= 4 is 46.8 Å². The molecule has 1 atom stereocenters. The lowest BCUT2D eigenvalue weighted by Gasteiger charge is -2.29. The van der Waals surface area contributed by atoms with Crippen LogP contribution in [0.4, 0.5) is 0 Å². The van der Waals surface area contributed by atoms with E-state index in [0.717, 1.165) is 11.1 Å². The number of hydrogen-bond acceptors (Lipinski definition) is 3. The number of halogens is 2. The summed E-state index contributed by atoms with van der Waals surface area (Å²) in [5.41, 5.74) is 1.91. The van der Waals surface area contributed by atoms with Gasteiger partial charge in [-0.25, -0.2) is 0 Å². The van der Waals surface area contributed by atoms with Crippen molar-refractivity contribution in [3.05, 3.63) is 69.7 Å². The van der Waals surface area contributed by atoms with Crippen LogP contribution in [0.5, 0.6) is 0 Å². The second-order valence-corrected chi connectivity index (χ2v) is 9.38. The van der Waals surface area contributed by atoms with Crippen LogP contribution in [0.1, 0.15) is 31.9 Å². The molecule has 0 aromatic heterocycles. The molecule has 0 aliphatic rings. The van der Waals surface area contributed by atoms with Crippen LogP contribution in [-0.4, -0.2) is 35.1 Å². The van der Waals surface area contributed by atoms with Crippen LogP contribution in [0.25, 0.3) is 0 Å². The van der Waals surface area contributed by atoms with Gasteiger partial charge >= 0.3 is 0 Å². The Hall–Kier alpha value is -1.69. The molecule has 0 heterocycles. The molecule has 7 heteroatoms.